The van der Waals surface area contributed by atoms with Gasteiger partial charge in [-0.05, 0) is 48.4 Å². The van der Waals surface area contributed by atoms with E-state index in [1.54, 1.807) is 19.5 Å². The van der Waals surface area contributed by atoms with E-state index in [1.165, 1.54) is 5.56 Å². The topological polar surface area (TPSA) is 63.5 Å². The molecule has 1 aliphatic rings. The minimum atomic E-state index is 0.00537. The Kier molecular flexibility index (Phi) is 7.02. The molecule has 0 N–H and O–H groups in total. The van der Waals surface area contributed by atoms with E-state index in [9.17, 15) is 4.79 Å². The molecule has 0 saturated carbocycles. The average Bonchev–Trinajstić information content (AvgIpc) is 3.41. The van der Waals surface area contributed by atoms with Crippen molar-refractivity contribution in [1.82, 2.24) is 19.4 Å². The number of nitrogens with zero attached hydrogens (tertiary/aromatic N) is 5. The van der Waals surface area contributed by atoms with Crippen molar-refractivity contribution in [2.45, 2.75) is 6.92 Å². The first-order chi connectivity index (χ1) is 19.6. The summed E-state index contributed by atoms with van der Waals surface area (Å²) < 4.78 is 7.43. The molecule has 0 radical (unpaired) electrons. The van der Waals surface area contributed by atoms with E-state index < -0.39 is 0 Å². The predicted molar refractivity (Wildman–Crippen MR) is 160 cm³/mol. The van der Waals surface area contributed by atoms with Crippen LogP contribution in [0.4, 0.5) is 5.82 Å². The van der Waals surface area contributed by atoms with Crippen molar-refractivity contribution in [1.29, 1.82) is 0 Å². The fraction of sp³-hybridized carbons (Fsp3) is 0.182. The molecular formula is C33H31N5O2. The minimum absolute atomic E-state index is 0.00537. The Bertz CT molecular complexity index is 1670. The van der Waals surface area contributed by atoms with Crippen LogP contribution in [0.1, 0.15) is 11.1 Å². The van der Waals surface area contributed by atoms with Gasteiger partial charge in [0, 0.05) is 49.7 Å². The molecule has 0 atom stereocenters. The number of anilines is 1. The SMILES string of the molecule is COc1cccc(/C=C/C(=O)N2CCN(c3ncnc4c3c(-c3ccccc3)cn4-c3ccc(C)cc3)CC2)c1. The quantitative estimate of drug-likeness (QED) is 0.262. The molecule has 3 heterocycles. The number of methoxy groups -OCH3 is 1. The zero-order valence-electron chi connectivity index (χ0n) is 22.7. The van der Waals surface area contributed by atoms with E-state index in [2.05, 4.69) is 71.1 Å². The highest BCUT2D eigenvalue weighted by atomic mass is 16.5. The summed E-state index contributed by atoms with van der Waals surface area (Å²) in [6.45, 7) is 4.70. The molecule has 1 aliphatic heterocycles. The number of carbonyl (C=O) groups excluding carboxylic acids is 1. The van der Waals surface area contributed by atoms with Crippen LogP contribution in [0.2, 0.25) is 0 Å². The van der Waals surface area contributed by atoms with Crippen LogP contribution < -0.4 is 9.64 Å². The molecule has 0 unspecified atom stereocenters. The Morgan fingerprint density at radius 3 is 2.42 bits per heavy atom. The van der Waals surface area contributed by atoms with Gasteiger partial charge in [-0.3, -0.25) is 4.79 Å². The lowest BCUT2D eigenvalue weighted by molar-refractivity contribution is -0.126. The van der Waals surface area contributed by atoms with E-state index in [4.69, 9.17) is 14.7 Å². The second-order valence-corrected chi connectivity index (χ2v) is 9.93. The Morgan fingerprint density at radius 1 is 0.900 bits per heavy atom. The summed E-state index contributed by atoms with van der Waals surface area (Å²) in [4.78, 5) is 26.6. The number of aryl methyl sites for hydroxylation is 1. The molecule has 7 nitrogen and oxygen atoms in total. The van der Waals surface area contributed by atoms with Crippen molar-refractivity contribution in [3.63, 3.8) is 0 Å². The molecule has 1 saturated heterocycles. The Morgan fingerprint density at radius 2 is 1.68 bits per heavy atom. The molecule has 40 heavy (non-hydrogen) atoms. The van der Waals surface area contributed by atoms with Gasteiger partial charge in [0.2, 0.25) is 5.91 Å². The van der Waals surface area contributed by atoms with Gasteiger partial charge in [-0.15, -0.1) is 0 Å². The average molecular weight is 530 g/mol. The normalized spacial score (nSPS) is 13.8. The number of hydrogen-bond acceptors (Lipinski definition) is 5. The summed E-state index contributed by atoms with van der Waals surface area (Å²) in [5, 5.41) is 1.02. The van der Waals surface area contributed by atoms with Gasteiger partial charge in [-0.1, -0.05) is 60.2 Å². The van der Waals surface area contributed by atoms with E-state index >= 15 is 0 Å². The van der Waals surface area contributed by atoms with Crippen molar-refractivity contribution in [2.75, 3.05) is 38.2 Å². The van der Waals surface area contributed by atoms with Gasteiger partial charge < -0.3 is 19.1 Å². The fourth-order valence-corrected chi connectivity index (χ4v) is 5.18. The molecule has 1 fully saturated rings. The third kappa shape index (κ3) is 5.06. The smallest absolute Gasteiger partial charge is 0.246 e. The summed E-state index contributed by atoms with van der Waals surface area (Å²) in [6, 6.07) is 26.5. The number of rotatable bonds is 6. The Balaban J connectivity index is 1.28. The first-order valence-electron chi connectivity index (χ1n) is 13.5. The monoisotopic (exact) mass is 529 g/mol. The lowest BCUT2D eigenvalue weighted by Crippen LogP contribution is -2.48. The predicted octanol–water partition coefficient (Wildman–Crippen LogP) is 5.77. The summed E-state index contributed by atoms with van der Waals surface area (Å²) in [7, 11) is 1.64. The van der Waals surface area contributed by atoms with Crippen LogP contribution in [0.3, 0.4) is 0 Å². The molecule has 200 valence electrons. The number of aromatic nitrogens is 3. The number of hydrogen-bond donors (Lipinski definition) is 0. The standard InChI is InChI=1S/C33H31N5O2/c1-24-11-14-27(15-12-24)38-22-29(26-8-4-3-5-9-26)31-32(34-23-35-33(31)38)37-19-17-36(18-20-37)30(39)16-13-25-7-6-10-28(21-25)40-2/h3-16,21-23H,17-20H2,1-2H3/b16-13+. The minimum Gasteiger partial charge on any atom is -0.497 e. The molecule has 7 heteroatoms. The molecule has 0 spiro atoms. The van der Waals surface area contributed by atoms with Crippen molar-refractivity contribution in [3.05, 3.63) is 109 Å². The third-order valence-corrected chi connectivity index (χ3v) is 7.36. The van der Waals surface area contributed by atoms with Gasteiger partial charge in [-0.25, -0.2) is 9.97 Å². The van der Waals surface area contributed by atoms with Gasteiger partial charge in [0.15, 0.2) is 5.65 Å². The van der Waals surface area contributed by atoms with E-state index in [0.717, 1.165) is 45.0 Å². The van der Waals surface area contributed by atoms with Crippen LogP contribution >= 0.6 is 0 Å². The zero-order chi connectivity index (χ0) is 27.5. The van der Waals surface area contributed by atoms with E-state index in [0.29, 0.717) is 26.2 Å². The van der Waals surface area contributed by atoms with E-state index in [-0.39, 0.29) is 5.91 Å². The van der Waals surface area contributed by atoms with Crippen molar-refractivity contribution < 1.29 is 9.53 Å². The van der Waals surface area contributed by atoms with Crippen LogP contribution in [0.5, 0.6) is 5.75 Å². The number of fused-ring (bicyclic) bond motifs is 1. The van der Waals surface area contributed by atoms with Gasteiger partial charge in [0.1, 0.15) is 17.9 Å². The molecule has 1 amide bonds. The second kappa shape index (κ2) is 11.1. The number of amides is 1. The van der Waals surface area contributed by atoms with Gasteiger partial charge >= 0.3 is 0 Å². The maximum Gasteiger partial charge on any atom is 0.246 e. The van der Waals surface area contributed by atoms with Crippen molar-refractivity contribution >= 4 is 28.8 Å². The van der Waals surface area contributed by atoms with Crippen molar-refractivity contribution in [2.24, 2.45) is 0 Å². The van der Waals surface area contributed by atoms with Crippen LogP contribution in [0.25, 0.3) is 33.9 Å². The summed E-state index contributed by atoms with van der Waals surface area (Å²) in [5.74, 6) is 1.67. The van der Waals surface area contributed by atoms with Crippen LogP contribution in [-0.2, 0) is 4.79 Å². The highest BCUT2D eigenvalue weighted by Crippen LogP contribution is 2.37. The highest BCUT2D eigenvalue weighted by molar-refractivity contribution is 6.02. The first kappa shape index (κ1) is 25.4. The van der Waals surface area contributed by atoms with Crippen LogP contribution in [0, 0.1) is 6.92 Å². The molecule has 6 rings (SSSR count). The summed E-state index contributed by atoms with van der Waals surface area (Å²) in [6.07, 6.45) is 7.28. The summed E-state index contributed by atoms with van der Waals surface area (Å²) >= 11 is 0. The van der Waals surface area contributed by atoms with Crippen molar-refractivity contribution in [3.8, 4) is 22.6 Å². The van der Waals surface area contributed by atoms with Gasteiger partial charge in [0.05, 0.1) is 12.5 Å². The van der Waals surface area contributed by atoms with E-state index in [1.807, 2.05) is 41.3 Å². The largest absolute Gasteiger partial charge is 0.497 e. The zero-order valence-corrected chi connectivity index (χ0v) is 22.7. The highest BCUT2D eigenvalue weighted by Gasteiger charge is 2.25. The Hall–Kier alpha value is -4.91. The molecule has 5 aromatic rings. The van der Waals surface area contributed by atoms with Crippen LogP contribution in [-0.4, -0.2) is 58.6 Å². The lowest BCUT2D eigenvalue weighted by atomic mass is 10.1. The third-order valence-electron chi connectivity index (χ3n) is 7.36. The maximum atomic E-state index is 13.0. The number of ether oxygens (including phenoxy) is 1. The number of carbonyl (C=O) groups is 1. The molecular weight excluding hydrogens is 498 g/mol. The lowest BCUT2D eigenvalue weighted by Gasteiger charge is -2.35. The number of piperazine rings is 1. The molecule has 3 aromatic carbocycles. The maximum absolute atomic E-state index is 13.0. The van der Waals surface area contributed by atoms with Gasteiger partial charge in [0.25, 0.3) is 0 Å². The second-order valence-electron chi connectivity index (χ2n) is 9.93. The molecule has 0 bridgehead atoms. The molecule has 2 aromatic heterocycles. The van der Waals surface area contributed by atoms with Gasteiger partial charge in [-0.2, -0.15) is 0 Å². The number of benzene rings is 3. The molecule has 0 aliphatic carbocycles. The first-order valence-corrected chi connectivity index (χ1v) is 13.5. The fourth-order valence-electron chi connectivity index (χ4n) is 5.18. The summed E-state index contributed by atoms with van der Waals surface area (Å²) in [5.41, 5.74) is 6.27. The van der Waals surface area contributed by atoms with Crippen LogP contribution in [0.15, 0.2) is 97.5 Å². The Labute approximate surface area is 234 Å².